The number of phenolic OH excluding ortho intramolecular Hbond substituents is 1. The van der Waals surface area contributed by atoms with Crippen LogP contribution in [0.3, 0.4) is 0 Å². The molecule has 1 N–H and O–H groups in total. The van der Waals surface area contributed by atoms with E-state index in [0.717, 1.165) is 0 Å². The molecule has 0 saturated carbocycles. The highest BCUT2D eigenvalue weighted by Gasteiger charge is 2.13. The van der Waals surface area contributed by atoms with Crippen molar-refractivity contribution in [2.24, 2.45) is 0 Å². The summed E-state index contributed by atoms with van der Waals surface area (Å²) in [6.45, 7) is 0. The summed E-state index contributed by atoms with van der Waals surface area (Å²) >= 11 is 23.3. The molecule has 18 heavy (non-hydrogen) atoms. The van der Waals surface area contributed by atoms with Crippen molar-refractivity contribution in [3.05, 3.63) is 50.4 Å². The summed E-state index contributed by atoms with van der Waals surface area (Å²) in [5, 5.41) is 10.9. The lowest BCUT2D eigenvalue weighted by atomic mass is 10.3. The standard InChI is InChI=1S/C12H6Cl4O2/c13-6-1-3-9(8(15)5-6)18-10-4-2-7(14)11(16)12(10)17/h1-5,17H. The quantitative estimate of drug-likeness (QED) is 0.757. The monoisotopic (exact) mass is 322 g/mol. The highest BCUT2D eigenvalue weighted by atomic mass is 35.5. The zero-order valence-electron chi connectivity index (χ0n) is 8.75. The van der Waals surface area contributed by atoms with E-state index in [2.05, 4.69) is 0 Å². The summed E-state index contributed by atoms with van der Waals surface area (Å²) in [5.41, 5.74) is 0. The third kappa shape index (κ3) is 2.78. The molecule has 0 aliphatic heterocycles. The van der Waals surface area contributed by atoms with Gasteiger partial charge in [0.2, 0.25) is 0 Å². The Morgan fingerprint density at radius 1 is 0.833 bits per heavy atom. The second-order valence-corrected chi connectivity index (χ2v) is 5.01. The zero-order chi connectivity index (χ0) is 13.3. The van der Waals surface area contributed by atoms with Crippen LogP contribution in [0.1, 0.15) is 0 Å². The van der Waals surface area contributed by atoms with Gasteiger partial charge in [-0.2, -0.15) is 0 Å². The minimum atomic E-state index is -0.241. The van der Waals surface area contributed by atoms with Crippen LogP contribution in [0.4, 0.5) is 0 Å². The van der Waals surface area contributed by atoms with Crippen LogP contribution in [0.15, 0.2) is 30.3 Å². The van der Waals surface area contributed by atoms with Crippen molar-refractivity contribution in [2.75, 3.05) is 0 Å². The maximum absolute atomic E-state index is 9.77. The van der Waals surface area contributed by atoms with E-state index in [-0.39, 0.29) is 21.5 Å². The molecular formula is C12H6Cl4O2. The lowest BCUT2D eigenvalue weighted by Gasteiger charge is -2.10. The first-order valence-electron chi connectivity index (χ1n) is 4.79. The molecule has 2 aromatic carbocycles. The lowest BCUT2D eigenvalue weighted by molar-refractivity contribution is 0.411. The van der Waals surface area contributed by atoms with E-state index in [1.807, 2.05) is 0 Å². The summed E-state index contributed by atoms with van der Waals surface area (Å²) in [7, 11) is 0. The number of hydrogen-bond donors (Lipinski definition) is 1. The first kappa shape index (κ1) is 13.6. The van der Waals surface area contributed by atoms with Crippen LogP contribution in [0, 0.1) is 0 Å². The third-order valence-corrected chi connectivity index (χ3v) is 3.47. The van der Waals surface area contributed by atoms with Crippen molar-refractivity contribution >= 4 is 46.4 Å². The maximum Gasteiger partial charge on any atom is 0.178 e. The van der Waals surface area contributed by atoms with E-state index in [1.165, 1.54) is 18.2 Å². The molecule has 0 radical (unpaired) electrons. The number of aromatic hydroxyl groups is 1. The van der Waals surface area contributed by atoms with Crippen molar-refractivity contribution in [2.45, 2.75) is 0 Å². The van der Waals surface area contributed by atoms with E-state index in [0.29, 0.717) is 15.8 Å². The Bertz CT molecular complexity index is 599. The van der Waals surface area contributed by atoms with Gasteiger partial charge in [-0.05, 0) is 30.3 Å². The Morgan fingerprint density at radius 3 is 2.17 bits per heavy atom. The molecule has 0 saturated heterocycles. The minimum Gasteiger partial charge on any atom is -0.503 e. The molecule has 0 heterocycles. The lowest BCUT2D eigenvalue weighted by Crippen LogP contribution is -1.87. The highest BCUT2D eigenvalue weighted by Crippen LogP contribution is 2.42. The Morgan fingerprint density at radius 2 is 1.50 bits per heavy atom. The van der Waals surface area contributed by atoms with Crippen molar-refractivity contribution in [3.63, 3.8) is 0 Å². The van der Waals surface area contributed by atoms with Gasteiger partial charge in [0.1, 0.15) is 10.8 Å². The average molecular weight is 324 g/mol. The average Bonchev–Trinajstić information content (AvgIpc) is 2.33. The SMILES string of the molecule is Oc1c(Oc2ccc(Cl)cc2Cl)ccc(Cl)c1Cl. The fraction of sp³-hybridized carbons (Fsp3) is 0. The van der Waals surface area contributed by atoms with E-state index >= 15 is 0 Å². The molecule has 2 nitrogen and oxygen atoms in total. The Labute approximate surface area is 124 Å². The molecule has 0 aromatic heterocycles. The molecule has 0 unspecified atom stereocenters. The largest absolute Gasteiger partial charge is 0.503 e. The van der Waals surface area contributed by atoms with Gasteiger partial charge in [-0.15, -0.1) is 0 Å². The fourth-order valence-electron chi connectivity index (χ4n) is 1.28. The molecule has 0 aliphatic carbocycles. The number of hydrogen-bond acceptors (Lipinski definition) is 2. The van der Waals surface area contributed by atoms with Gasteiger partial charge in [-0.1, -0.05) is 46.4 Å². The molecule has 6 heteroatoms. The first-order valence-corrected chi connectivity index (χ1v) is 6.30. The molecule has 0 fully saturated rings. The van der Waals surface area contributed by atoms with Gasteiger partial charge < -0.3 is 9.84 Å². The summed E-state index contributed by atoms with van der Waals surface area (Å²) in [6.07, 6.45) is 0. The van der Waals surface area contributed by atoms with E-state index in [4.69, 9.17) is 51.1 Å². The van der Waals surface area contributed by atoms with Crippen molar-refractivity contribution in [1.82, 2.24) is 0 Å². The number of benzene rings is 2. The molecule has 94 valence electrons. The van der Waals surface area contributed by atoms with Gasteiger partial charge in [-0.25, -0.2) is 0 Å². The van der Waals surface area contributed by atoms with Gasteiger partial charge in [-0.3, -0.25) is 0 Å². The Balaban J connectivity index is 2.37. The number of phenols is 1. The van der Waals surface area contributed by atoms with Crippen LogP contribution in [-0.4, -0.2) is 5.11 Å². The molecule has 2 rings (SSSR count). The summed E-state index contributed by atoms with van der Waals surface area (Å²) in [4.78, 5) is 0. The molecule has 2 aromatic rings. The van der Waals surface area contributed by atoms with Gasteiger partial charge in [0.25, 0.3) is 0 Å². The van der Waals surface area contributed by atoms with E-state index in [9.17, 15) is 5.11 Å². The topological polar surface area (TPSA) is 29.5 Å². The second kappa shape index (κ2) is 5.45. The van der Waals surface area contributed by atoms with Crippen LogP contribution in [0.25, 0.3) is 0 Å². The van der Waals surface area contributed by atoms with Gasteiger partial charge in [0, 0.05) is 5.02 Å². The van der Waals surface area contributed by atoms with E-state index in [1.54, 1.807) is 12.1 Å². The normalized spacial score (nSPS) is 10.4. The smallest absolute Gasteiger partial charge is 0.178 e. The molecule has 0 atom stereocenters. The predicted molar refractivity (Wildman–Crippen MR) is 74.7 cm³/mol. The van der Waals surface area contributed by atoms with Crippen LogP contribution in [0.5, 0.6) is 17.2 Å². The van der Waals surface area contributed by atoms with E-state index < -0.39 is 0 Å². The second-order valence-electron chi connectivity index (χ2n) is 3.38. The number of rotatable bonds is 2. The first-order chi connectivity index (χ1) is 8.49. The van der Waals surface area contributed by atoms with Crippen molar-refractivity contribution in [1.29, 1.82) is 0 Å². The zero-order valence-corrected chi connectivity index (χ0v) is 11.8. The van der Waals surface area contributed by atoms with Crippen LogP contribution in [0.2, 0.25) is 20.1 Å². The van der Waals surface area contributed by atoms with Crippen molar-refractivity contribution in [3.8, 4) is 17.2 Å². The fourth-order valence-corrected chi connectivity index (χ4v) is 2.04. The number of ether oxygens (including phenoxy) is 1. The summed E-state index contributed by atoms with van der Waals surface area (Å²) < 4.78 is 5.45. The van der Waals surface area contributed by atoms with Gasteiger partial charge >= 0.3 is 0 Å². The Hall–Kier alpha value is -0.800. The minimum absolute atomic E-state index is 0.0271. The highest BCUT2D eigenvalue weighted by molar-refractivity contribution is 6.43. The molecule has 0 spiro atoms. The molecule has 0 bridgehead atoms. The molecular weight excluding hydrogens is 318 g/mol. The van der Waals surface area contributed by atoms with Crippen LogP contribution >= 0.6 is 46.4 Å². The third-order valence-electron chi connectivity index (χ3n) is 2.15. The predicted octanol–water partition coefficient (Wildman–Crippen LogP) is 5.80. The molecule has 0 amide bonds. The summed E-state index contributed by atoms with van der Waals surface area (Å²) in [6, 6.07) is 7.76. The molecule has 0 aliphatic rings. The van der Waals surface area contributed by atoms with Crippen molar-refractivity contribution < 1.29 is 9.84 Å². The maximum atomic E-state index is 9.77. The Kier molecular flexibility index (Phi) is 4.13. The van der Waals surface area contributed by atoms with Crippen LogP contribution < -0.4 is 4.74 Å². The van der Waals surface area contributed by atoms with Gasteiger partial charge in [0.15, 0.2) is 11.5 Å². The number of halogens is 4. The van der Waals surface area contributed by atoms with Crippen LogP contribution in [-0.2, 0) is 0 Å². The van der Waals surface area contributed by atoms with Gasteiger partial charge in [0.05, 0.1) is 10.0 Å². The summed E-state index contributed by atoms with van der Waals surface area (Å²) in [5.74, 6) is 0.276.